The summed E-state index contributed by atoms with van der Waals surface area (Å²) in [6.07, 6.45) is 0. The second-order valence-corrected chi connectivity index (χ2v) is 5.85. The monoisotopic (exact) mass is 372 g/mol. The fourth-order valence-corrected chi connectivity index (χ4v) is 2.89. The number of thiocarbonyl (C=S) groups is 1. The Morgan fingerprint density at radius 2 is 2.05 bits per heavy atom. The van der Waals surface area contributed by atoms with Crippen molar-refractivity contribution in [3.8, 4) is 0 Å². The van der Waals surface area contributed by atoms with Crippen LogP contribution in [0.5, 0.6) is 0 Å². The molecule has 2 aromatic carbocycles. The van der Waals surface area contributed by atoms with Gasteiger partial charge in [0.15, 0.2) is 5.82 Å². The molecule has 2 rings (SSSR count). The van der Waals surface area contributed by atoms with E-state index >= 15 is 0 Å². The Labute approximate surface area is 135 Å². The van der Waals surface area contributed by atoms with Crippen LogP contribution in [0.25, 0.3) is 0 Å². The lowest BCUT2D eigenvalue weighted by Gasteiger charge is -2.14. The molecular weight excluding hydrogens is 363 g/mol. The van der Waals surface area contributed by atoms with Gasteiger partial charge in [-0.15, -0.1) is 0 Å². The van der Waals surface area contributed by atoms with E-state index in [2.05, 4.69) is 21.2 Å². The molecule has 6 heteroatoms. The van der Waals surface area contributed by atoms with Crippen LogP contribution in [0.2, 0.25) is 5.02 Å². The molecule has 0 fully saturated rings. The molecule has 2 aromatic rings. The van der Waals surface area contributed by atoms with Crippen LogP contribution in [0.15, 0.2) is 34.8 Å². The van der Waals surface area contributed by atoms with Gasteiger partial charge in [0, 0.05) is 5.56 Å². The summed E-state index contributed by atoms with van der Waals surface area (Å²) in [6.45, 7) is 1.89. The van der Waals surface area contributed by atoms with Gasteiger partial charge in [0.25, 0.3) is 0 Å². The smallest absolute Gasteiger partial charge is 0.161 e. The quantitative estimate of drug-likeness (QED) is 0.749. The predicted molar refractivity (Wildman–Crippen MR) is 89.5 cm³/mol. The van der Waals surface area contributed by atoms with Crippen molar-refractivity contribution in [1.82, 2.24) is 0 Å². The van der Waals surface area contributed by atoms with E-state index in [1.165, 1.54) is 0 Å². The number of nitrogens with two attached hydrogens (primary N) is 1. The minimum absolute atomic E-state index is 0.135. The van der Waals surface area contributed by atoms with Gasteiger partial charge in [0.1, 0.15) is 4.99 Å². The lowest BCUT2D eigenvalue weighted by molar-refractivity contribution is 0.625. The molecule has 20 heavy (non-hydrogen) atoms. The Kier molecular flexibility index (Phi) is 4.62. The van der Waals surface area contributed by atoms with Crippen LogP contribution in [0.4, 0.5) is 15.8 Å². The lowest BCUT2D eigenvalue weighted by atomic mass is 10.1. The molecule has 104 valence electrons. The van der Waals surface area contributed by atoms with Crippen LogP contribution in [-0.4, -0.2) is 4.99 Å². The van der Waals surface area contributed by atoms with E-state index in [0.29, 0.717) is 22.0 Å². The van der Waals surface area contributed by atoms with Gasteiger partial charge in [-0.25, -0.2) is 4.39 Å². The summed E-state index contributed by atoms with van der Waals surface area (Å²) in [6, 6.07) is 8.71. The van der Waals surface area contributed by atoms with Crippen LogP contribution in [-0.2, 0) is 0 Å². The second kappa shape index (κ2) is 6.08. The van der Waals surface area contributed by atoms with Crippen LogP contribution in [0.1, 0.15) is 11.1 Å². The Balaban J connectivity index is 2.45. The fraction of sp³-hybridized carbons (Fsp3) is 0.0714. The first-order valence-electron chi connectivity index (χ1n) is 5.71. The summed E-state index contributed by atoms with van der Waals surface area (Å²) in [5, 5.41) is 3.52. The molecule has 0 aliphatic carbocycles. The van der Waals surface area contributed by atoms with Gasteiger partial charge in [0.2, 0.25) is 0 Å². The SMILES string of the molecule is Cc1cccc(Cl)c1Nc1ccc(C(N)=S)c(Br)c1F. The van der Waals surface area contributed by atoms with Crippen molar-refractivity contribution in [1.29, 1.82) is 0 Å². The largest absolute Gasteiger partial charge is 0.389 e. The molecule has 0 saturated heterocycles. The Morgan fingerprint density at radius 1 is 1.35 bits per heavy atom. The standard InChI is InChI=1S/C14H11BrClFN2S/c1-7-3-2-4-9(16)13(7)19-10-6-5-8(14(18)20)11(15)12(10)17/h2-6,19H,1H3,(H2,18,20). The maximum absolute atomic E-state index is 14.3. The van der Waals surface area contributed by atoms with E-state index in [1.54, 1.807) is 18.2 Å². The molecule has 0 radical (unpaired) electrons. The van der Waals surface area contributed by atoms with E-state index in [4.69, 9.17) is 29.6 Å². The zero-order valence-electron chi connectivity index (χ0n) is 10.5. The van der Waals surface area contributed by atoms with E-state index in [9.17, 15) is 4.39 Å². The van der Waals surface area contributed by atoms with Crippen LogP contribution in [0, 0.1) is 12.7 Å². The summed E-state index contributed by atoms with van der Waals surface area (Å²) in [7, 11) is 0. The second-order valence-electron chi connectivity index (χ2n) is 4.21. The van der Waals surface area contributed by atoms with Gasteiger partial charge in [-0.05, 0) is 46.6 Å². The van der Waals surface area contributed by atoms with Crippen molar-refractivity contribution in [2.45, 2.75) is 6.92 Å². The number of para-hydroxylation sites is 1. The zero-order chi connectivity index (χ0) is 14.9. The number of rotatable bonds is 3. The molecule has 0 aliphatic heterocycles. The molecule has 0 saturated carbocycles. The third-order valence-electron chi connectivity index (χ3n) is 2.83. The third kappa shape index (κ3) is 2.95. The van der Waals surface area contributed by atoms with Gasteiger partial charge in [-0.1, -0.05) is 36.0 Å². The predicted octanol–water partition coefficient (Wildman–Crippen LogP) is 4.93. The van der Waals surface area contributed by atoms with Crippen molar-refractivity contribution >= 4 is 56.1 Å². The van der Waals surface area contributed by atoms with Crippen LogP contribution >= 0.6 is 39.7 Å². The Hall–Kier alpha value is -1.17. The molecule has 0 amide bonds. The number of hydrogen-bond donors (Lipinski definition) is 2. The van der Waals surface area contributed by atoms with Gasteiger partial charge in [-0.2, -0.15) is 0 Å². The van der Waals surface area contributed by atoms with Crippen molar-refractivity contribution in [2.24, 2.45) is 5.73 Å². The van der Waals surface area contributed by atoms with Gasteiger partial charge in [-0.3, -0.25) is 0 Å². The summed E-state index contributed by atoms with van der Waals surface area (Å²) < 4.78 is 14.5. The topological polar surface area (TPSA) is 38.0 Å². The molecule has 2 nitrogen and oxygen atoms in total. The van der Waals surface area contributed by atoms with Crippen LogP contribution in [0.3, 0.4) is 0 Å². The van der Waals surface area contributed by atoms with Crippen molar-refractivity contribution in [3.63, 3.8) is 0 Å². The fourth-order valence-electron chi connectivity index (χ4n) is 1.76. The molecule has 0 atom stereocenters. The minimum Gasteiger partial charge on any atom is -0.389 e. The summed E-state index contributed by atoms with van der Waals surface area (Å²) in [5.41, 5.74) is 7.88. The maximum atomic E-state index is 14.3. The highest BCUT2D eigenvalue weighted by Gasteiger charge is 2.14. The molecule has 0 unspecified atom stereocenters. The normalized spacial score (nSPS) is 10.4. The van der Waals surface area contributed by atoms with E-state index < -0.39 is 5.82 Å². The highest BCUT2D eigenvalue weighted by molar-refractivity contribution is 9.10. The minimum atomic E-state index is -0.463. The Bertz CT molecular complexity index is 671. The van der Waals surface area contributed by atoms with Crippen molar-refractivity contribution in [3.05, 3.63) is 56.8 Å². The third-order valence-corrected chi connectivity index (χ3v) is 4.14. The van der Waals surface area contributed by atoms with Gasteiger partial charge >= 0.3 is 0 Å². The number of anilines is 2. The highest BCUT2D eigenvalue weighted by atomic mass is 79.9. The maximum Gasteiger partial charge on any atom is 0.161 e. The van der Waals surface area contributed by atoms with Gasteiger partial charge in [0.05, 0.1) is 20.9 Å². The van der Waals surface area contributed by atoms with Gasteiger partial charge < -0.3 is 11.1 Å². The number of halogens is 3. The molecule has 0 heterocycles. The number of hydrogen-bond acceptors (Lipinski definition) is 2. The summed E-state index contributed by atoms with van der Waals surface area (Å²) in [5.74, 6) is -0.463. The van der Waals surface area contributed by atoms with E-state index in [-0.39, 0.29) is 9.46 Å². The zero-order valence-corrected chi connectivity index (χ0v) is 13.7. The summed E-state index contributed by atoms with van der Waals surface area (Å²) >= 11 is 14.1. The first kappa shape index (κ1) is 15.2. The van der Waals surface area contributed by atoms with Crippen molar-refractivity contribution in [2.75, 3.05) is 5.32 Å². The number of nitrogens with one attached hydrogen (secondary N) is 1. The summed E-state index contributed by atoms with van der Waals surface area (Å²) in [4.78, 5) is 0.135. The molecule has 0 bridgehead atoms. The number of aryl methyl sites for hydroxylation is 1. The molecule has 0 spiro atoms. The number of benzene rings is 2. The average molecular weight is 374 g/mol. The molecule has 3 N–H and O–H groups in total. The van der Waals surface area contributed by atoms with Crippen molar-refractivity contribution < 1.29 is 4.39 Å². The average Bonchev–Trinajstić information content (AvgIpc) is 2.38. The van der Waals surface area contributed by atoms with Crippen LogP contribution < -0.4 is 11.1 Å². The Morgan fingerprint density at radius 3 is 2.65 bits per heavy atom. The van der Waals surface area contributed by atoms with E-state index in [1.807, 2.05) is 19.1 Å². The lowest BCUT2D eigenvalue weighted by Crippen LogP contribution is -2.11. The first-order chi connectivity index (χ1) is 9.41. The first-order valence-corrected chi connectivity index (χ1v) is 7.29. The highest BCUT2D eigenvalue weighted by Crippen LogP contribution is 2.33. The molecule has 0 aromatic heterocycles. The molecule has 0 aliphatic rings. The molecular formula is C14H11BrClFN2S. The van der Waals surface area contributed by atoms with E-state index in [0.717, 1.165) is 5.56 Å².